The Morgan fingerprint density at radius 1 is 1.05 bits per heavy atom. The lowest BCUT2D eigenvalue weighted by Crippen LogP contribution is -2.50. The van der Waals surface area contributed by atoms with Gasteiger partial charge in [0.15, 0.2) is 5.54 Å². The Kier molecular flexibility index (Phi) is 7.66. The Morgan fingerprint density at radius 3 is 2.34 bits per heavy atom. The number of urea groups is 1. The van der Waals surface area contributed by atoms with E-state index in [2.05, 4.69) is 10.6 Å². The molecule has 1 aliphatic rings. The molecule has 2 N–H and O–H groups in total. The molecule has 4 amide bonds. The van der Waals surface area contributed by atoms with Crippen molar-refractivity contribution in [1.29, 1.82) is 0 Å². The quantitative estimate of drug-likeness (QED) is 0.414. The van der Waals surface area contributed by atoms with E-state index in [4.69, 9.17) is 4.74 Å². The first-order valence-corrected chi connectivity index (χ1v) is 12.2. The van der Waals surface area contributed by atoms with Gasteiger partial charge in [-0.05, 0) is 72.5 Å². The number of amides is 4. The van der Waals surface area contributed by atoms with Crippen molar-refractivity contribution in [2.75, 3.05) is 38.0 Å². The summed E-state index contributed by atoms with van der Waals surface area (Å²) < 4.78 is 19.0. The second kappa shape index (κ2) is 10.9. The van der Waals surface area contributed by atoms with Gasteiger partial charge in [-0.3, -0.25) is 14.9 Å². The highest BCUT2D eigenvalue weighted by molar-refractivity contribution is 6.10. The first kappa shape index (κ1) is 26.7. The van der Waals surface area contributed by atoms with Gasteiger partial charge in [0.2, 0.25) is 5.91 Å². The fraction of sp³-hybridized carbons (Fsp3) is 0.276. The molecular weight excluding hydrogens is 487 g/mol. The third-order valence-electron chi connectivity index (χ3n) is 6.79. The van der Waals surface area contributed by atoms with Crippen molar-refractivity contribution in [3.63, 3.8) is 0 Å². The lowest BCUT2D eigenvalue weighted by molar-refractivity contribution is -0.131. The third-order valence-corrected chi connectivity index (χ3v) is 6.79. The van der Waals surface area contributed by atoms with E-state index in [1.165, 1.54) is 29.2 Å². The number of rotatable bonds is 9. The number of hydrogen-bond donors (Lipinski definition) is 2. The van der Waals surface area contributed by atoms with Crippen LogP contribution in [0.3, 0.4) is 0 Å². The van der Waals surface area contributed by atoms with E-state index in [1.54, 1.807) is 13.2 Å². The van der Waals surface area contributed by atoms with Gasteiger partial charge in [-0.15, -0.1) is 0 Å². The molecule has 3 aromatic rings. The zero-order valence-corrected chi connectivity index (χ0v) is 21.9. The zero-order valence-electron chi connectivity index (χ0n) is 21.9. The molecule has 1 heterocycles. The fourth-order valence-corrected chi connectivity index (χ4v) is 4.85. The van der Waals surface area contributed by atoms with Crippen LogP contribution >= 0.6 is 0 Å². The molecule has 0 aliphatic carbocycles. The van der Waals surface area contributed by atoms with Gasteiger partial charge < -0.3 is 19.9 Å². The Morgan fingerprint density at radius 2 is 1.74 bits per heavy atom. The lowest BCUT2D eigenvalue weighted by atomic mass is 9.84. The van der Waals surface area contributed by atoms with Gasteiger partial charge in [0.1, 0.15) is 11.6 Å². The summed E-state index contributed by atoms with van der Waals surface area (Å²) in [5.41, 5.74) is 2.19. The van der Waals surface area contributed by atoms with Gasteiger partial charge in [0.25, 0.3) is 5.91 Å². The molecule has 1 unspecified atom stereocenters. The molecule has 0 spiro atoms. The number of anilines is 2. The molecule has 198 valence electrons. The number of ether oxygens (including phenoxy) is 1. The minimum absolute atomic E-state index is 0.158. The van der Waals surface area contributed by atoms with Crippen LogP contribution in [0.4, 0.5) is 20.6 Å². The predicted octanol–water partition coefficient (Wildman–Crippen LogP) is 4.23. The number of imide groups is 1. The van der Waals surface area contributed by atoms with Crippen LogP contribution in [0.1, 0.15) is 23.1 Å². The SMILES string of the molecule is COc1ccc(CCN2C(=O)NC(=O)C2(CC(=O)Nc2ccc(N(C)C)c(C)c2)c2ccc(F)cc2)cc1. The Hall–Kier alpha value is -4.40. The first-order valence-electron chi connectivity index (χ1n) is 12.2. The number of benzene rings is 3. The first-order chi connectivity index (χ1) is 18.1. The van der Waals surface area contributed by atoms with Gasteiger partial charge >= 0.3 is 6.03 Å². The normalized spacial score (nSPS) is 16.8. The van der Waals surface area contributed by atoms with Crippen molar-refractivity contribution >= 4 is 29.2 Å². The fourth-order valence-electron chi connectivity index (χ4n) is 4.85. The molecule has 38 heavy (non-hydrogen) atoms. The summed E-state index contributed by atoms with van der Waals surface area (Å²) in [6.07, 6.45) is 0.0910. The minimum atomic E-state index is -1.64. The number of nitrogens with zero attached hydrogens (tertiary/aromatic N) is 2. The van der Waals surface area contributed by atoms with Crippen LogP contribution in [-0.4, -0.2) is 50.5 Å². The van der Waals surface area contributed by atoms with Crippen molar-refractivity contribution in [3.8, 4) is 5.75 Å². The van der Waals surface area contributed by atoms with E-state index in [9.17, 15) is 18.8 Å². The average Bonchev–Trinajstić information content (AvgIpc) is 3.12. The summed E-state index contributed by atoms with van der Waals surface area (Å²) in [7, 11) is 5.45. The summed E-state index contributed by atoms with van der Waals surface area (Å²) in [5.74, 6) is -0.864. The van der Waals surface area contributed by atoms with Crippen molar-refractivity contribution in [3.05, 3.63) is 89.2 Å². The molecule has 1 aliphatic heterocycles. The van der Waals surface area contributed by atoms with E-state index in [0.29, 0.717) is 23.4 Å². The topological polar surface area (TPSA) is 91.0 Å². The van der Waals surface area contributed by atoms with Gasteiger partial charge in [-0.1, -0.05) is 24.3 Å². The Balaban J connectivity index is 1.64. The molecule has 3 aromatic carbocycles. The third kappa shape index (κ3) is 5.32. The molecule has 1 fully saturated rings. The maximum atomic E-state index is 13.8. The predicted molar refractivity (Wildman–Crippen MR) is 144 cm³/mol. The van der Waals surface area contributed by atoms with Crippen LogP contribution in [0.5, 0.6) is 5.75 Å². The van der Waals surface area contributed by atoms with Gasteiger partial charge in [0, 0.05) is 32.0 Å². The van der Waals surface area contributed by atoms with Crippen molar-refractivity contribution in [2.45, 2.75) is 25.3 Å². The van der Waals surface area contributed by atoms with Crippen molar-refractivity contribution in [2.24, 2.45) is 0 Å². The molecular formula is C29H31FN4O4. The molecule has 0 bridgehead atoms. The van der Waals surface area contributed by atoms with Crippen LogP contribution in [0, 0.1) is 12.7 Å². The minimum Gasteiger partial charge on any atom is -0.497 e. The van der Waals surface area contributed by atoms with Crippen LogP contribution in [0.2, 0.25) is 0 Å². The number of nitrogens with one attached hydrogen (secondary N) is 2. The largest absolute Gasteiger partial charge is 0.497 e. The summed E-state index contributed by atoms with van der Waals surface area (Å²) in [6.45, 7) is 2.10. The molecule has 0 radical (unpaired) electrons. The van der Waals surface area contributed by atoms with Crippen LogP contribution < -0.4 is 20.3 Å². The number of halogens is 1. The van der Waals surface area contributed by atoms with E-state index in [1.807, 2.05) is 62.3 Å². The van der Waals surface area contributed by atoms with Crippen LogP contribution in [0.15, 0.2) is 66.7 Å². The number of aryl methyl sites for hydroxylation is 1. The highest BCUT2D eigenvalue weighted by Gasteiger charge is 2.55. The summed E-state index contributed by atoms with van der Waals surface area (Å²) in [5, 5.41) is 5.23. The van der Waals surface area contributed by atoms with E-state index >= 15 is 0 Å². The standard InChI is InChI=1S/C29H31FN4O4/c1-19-17-23(11-14-25(19)33(2)3)31-26(35)18-29(21-7-9-22(30)10-8-21)27(36)32-28(37)34(29)16-15-20-5-12-24(38-4)13-6-20/h5-14,17H,15-16,18H2,1-4H3,(H,31,35)(H,32,36,37). The van der Waals surface area contributed by atoms with Gasteiger partial charge in [-0.2, -0.15) is 0 Å². The maximum Gasteiger partial charge on any atom is 0.325 e. The van der Waals surface area contributed by atoms with E-state index < -0.39 is 29.2 Å². The average molecular weight is 519 g/mol. The zero-order chi connectivity index (χ0) is 27.4. The summed E-state index contributed by atoms with van der Waals surface area (Å²) in [6, 6.07) is 17.6. The Labute approximate surface area is 221 Å². The maximum absolute atomic E-state index is 13.8. The molecule has 1 saturated heterocycles. The van der Waals surface area contributed by atoms with Gasteiger partial charge in [-0.25, -0.2) is 9.18 Å². The van der Waals surface area contributed by atoms with Crippen LogP contribution in [0.25, 0.3) is 0 Å². The van der Waals surface area contributed by atoms with Gasteiger partial charge in [0.05, 0.1) is 13.5 Å². The molecule has 9 heteroatoms. The lowest BCUT2D eigenvalue weighted by Gasteiger charge is -2.35. The number of hydrogen-bond acceptors (Lipinski definition) is 5. The van der Waals surface area contributed by atoms with Crippen LogP contribution in [-0.2, 0) is 21.5 Å². The summed E-state index contributed by atoms with van der Waals surface area (Å²) >= 11 is 0. The molecule has 4 rings (SSSR count). The highest BCUT2D eigenvalue weighted by atomic mass is 19.1. The monoisotopic (exact) mass is 518 g/mol. The van der Waals surface area contributed by atoms with Crippen molar-refractivity contribution in [1.82, 2.24) is 10.2 Å². The molecule has 0 saturated carbocycles. The molecule has 8 nitrogen and oxygen atoms in total. The smallest absolute Gasteiger partial charge is 0.325 e. The van der Waals surface area contributed by atoms with E-state index in [-0.39, 0.29) is 13.0 Å². The second-order valence-corrected chi connectivity index (χ2v) is 9.50. The van der Waals surface area contributed by atoms with Crippen molar-refractivity contribution < 1.29 is 23.5 Å². The number of carbonyl (C=O) groups is 3. The highest BCUT2D eigenvalue weighted by Crippen LogP contribution is 2.37. The molecule has 1 atom stereocenters. The summed E-state index contributed by atoms with van der Waals surface area (Å²) in [4.78, 5) is 43.1. The number of carbonyl (C=O) groups excluding carboxylic acids is 3. The van der Waals surface area contributed by atoms with E-state index in [0.717, 1.165) is 16.8 Å². The number of methoxy groups -OCH3 is 1. The molecule has 0 aromatic heterocycles. The Bertz CT molecular complexity index is 1340. The second-order valence-electron chi connectivity index (χ2n) is 9.50.